The number of rotatable bonds is 0. The van der Waals surface area contributed by atoms with E-state index < -0.39 is 0 Å². The van der Waals surface area contributed by atoms with Gasteiger partial charge in [0.25, 0.3) is 0 Å². The third-order valence-electron chi connectivity index (χ3n) is 4.13. The quantitative estimate of drug-likeness (QED) is 0.674. The summed E-state index contributed by atoms with van der Waals surface area (Å²) in [4.78, 5) is 2.35. The van der Waals surface area contributed by atoms with Crippen molar-refractivity contribution in [3.8, 4) is 0 Å². The fraction of sp³-hybridized carbons (Fsp3) is 0.727. The predicted octanol–water partition coefficient (Wildman–Crippen LogP) is 0.521. The molecule has 2 heterocycles. The van der Waals surface area contributed by atoms with E-state index in [1.807, 2.05) is 6.20 Å². The molecule has 0 amide bonds. The second kappa shape index (κ2) is 3.06. The van der Waals surface area contributed by atoms with Crippen molar-refractivity contribution in [3.05, 3.63) is 17.5 Å². The van der Waals surface area contributed by atoms with E-state index in [1.54, 1.807) is 0 Å². The van der Waals surface area contributed by atoms with Crippen LogP contribution in [-0.4, -0.2) is 36.2 Å². The fourth-order valence-corrected chi connectivity index (χ4v) is 3.03. The number of nitrogens with two attached hydrogens (primary N) is 1. The summed E-state index contributed by atoms with van der Waals surface area (Å²) >= 11 is 0. The van der Waals surface area contributed by atoms with E-state index in [0.29, 0.717) is 0 Å². The molecule has 4 nitrogen and oxygen atoms in total. The Morgan fingerprint density at radius 1 is 1.53 bits per heavy atom. The average molecular weight is 207 g/mol. The van der Waals surface area contributed by atoms with E-state index in [0.717, 1.165) is 38.1 Å². The summed E-state index contributed by atoms with van der Waals surface area (Å²) < 4.78 is 5.43. The standard InChI is InChI=1S/C11H17N3O/c1-14-4-2-11(3-5-14)9(12)6-8-7-13-15-10(8)11/h7,9H,2-6,12H2,1H3. The van der Waals surface area contributed by atoms with E-state index in [9.17, 15) is 0 Å². The Labute approximate surface area is 89.4 Å². The normalized spacial score (nSPS) is 29.6. The molecule has 3 rings (SSSR count). The first kappa shape index (κ1) is 9.36. The number of aromatic nitrogens is 1. The van der Waals surface area contributed by atoms with Crippen LogP contribution in [0, 0.1) is 0 Å². The van der Waals surface area contributed by atoms with Crippen molar-refractivity contribution < 1.29 is 4.52 Å². The third-order valence-corrected chi connectivity index (χ3v) is 4.13. The Balaban J connectivity index is 1.97. The fourth-order valence-electron chi connectivity index (χ4n) is 3.03. The smallest absolute Gasteiger partial charge is 0.147 e. The SMILES string of the molecule is CN1CCC2(CC1)c1oncc1CC2N. The van der Waals surface area contributed by atoms with Gasteiger partial charge >= 0.3 is 0 Å². The Morgan fingerprint density at radius 3 is 3.00 bits per heavy atom. The first-order chi connectivity index (χ1) is 7.22. The van der Waals surface area contributed by atoms with Gasteiger partial charge in [0.15, 0.2) is 0 Å². The van der Waals surface area contributed by atoms with Crippen molar-refractivity contribution in [2.45, 2.75) is 30.7 Å². The minimum Gasteiger partial charge on any atom is -0.360 e. The van der Waals surface area contributed by atoms with Gasteiger partial charge in [-0.25, -0.2) is 0 Å². The Bertz CT molecular complexity index is 366. The molecule has 1 unspecified atom stereocenters. The molecule has 4 heteroatoms. The monoisotopic (exact) mass is 207 g/mol. The zero-order valence-corrected chi connectivity index (χ0v) is 9.07. The maximum absolute atomic E-state index is 6.28. The van der Waals surface area contributed by atoms with Crippen molar-refractivity contribution in [3.63, 3.8) is 0 Å². The molecule has 2 aliphatic rings. The van der Waals surface area contributed by atoms with Crippen LogP contribution in [0.3, 0.4) is 0 Å². The van der Waals surface area contributed by atoms with Crippen LogP contribution >= 0.6 is 0 Å². The second-order valence-electron chi connectivity index (χ2n) is 4.95. The van der Waals surface area contributed by atoms with Gasteiger partial charge in [0.2, 0.25) is 0 Å². The van der Waals surface area contributed by atoms with Gasteiger partial charge in [-0.3, -0.25) is 0 Å². The number of hydrogen-bond donors (Lipinski definition) is 1. The summed E-state index contributed by atoms with van der Waals surface area (Å²) in [6, 6.07) is 0.225. The van der Waals surface area contributed by atoms with Gasteiger partial charge in [-0.05, 0) is 39.4 Å². The molecule has 2 N–H and O–H groups in total. The van der Waals surface area contributed by atoms with E-state index in [4.69, 9.17) is 10.3 Å². The van der Waals surface area contributed by atoms with Gasteiger partial charge < -0.3 is 15.2 Å². The summed E-state index contributed by atoms with van der Waals surface area (Å²) in [5, 5.41) is 3.90. The number of likely N-dealkylation sites (tertiary alicyclic amines) is 1. The lowest BCUT2D eigenvalue weighted by Gasteiger charge is -2.39. The molecule has 1 aliphatic heterocycles. The molecule has 1 fully saturated rings. The maximum atomic E-state index is 6.28. The van der Waals surface area contributed by atoms with Crippen molar-refractivity contribution in [2.24, 2.45) is 5.73 Å². The first-order valence-electron chi connectivity index (χ1n) is 5.60. The number of hydrogen-bond acceptors (Lipinski definition) is 4. The summed E-state index contributed by atoms with van der Waals surface area (Å²) in [5.41, 5.74) is 7.59. The lowest BCUT2D eigenvalue weighted by Crippen LogP contribution is -2.49. The van der Waals surface area contributed by atoms with Gasteiger partial charge in [-0.2, -0.15) is 0 Å². The van der Waals surface area contributed by atoms with Crippen LogP contribution in [0.1, 0.15) is 24.2 Å². The van der Waals surface area contributed by atoms with Crippen LogP contribution in [0.5, 0.6) is 0 Å². The maximum Gasteiger partial charge on any atom is 0.147 e. The van der Waals surface area contributed by atoms with Gasteiger partial charge in [0.05, 0.1) is 6.20 Å². The van der Waals surface area contributed by atoms with Crippen molar-refractivity contribution in [2.75, 3.05) is 20.1 Å². The average Bonchev–Trinajstić information content (AvgIpc) is 2.75. The van der Waals surface area contributed by atoms with Gasteiger partial charge in [0.1, 0.15) is 5.76 Å². The van der Waals surface area contributed by atoms with Crippen molar-refractivity contribution >= 4 is 0 Å². The zero-order valence-electron chi connectivity index (χ0n) is 9.07. The minimum atomic E-state index is 0.0817. The zero-order chi connectivity index (χ0) is 10.5. The van der Waals surface area contributed by atoms with Gasteiger partial charge in [-0.15, -0.1) is 0 Å². The number of nitrogens with zero attached hydrogens (tertiary/aromatic N) is 2. The lowest BCUT2D eigenvalue weighted by atomic mass is 9.74. The van der Waals surface area contributed by atoms with Gasteiger partial charge in [0, 0.05) is 17.0 Å². The molecule has 1 aromatic rings. The Kier molecular flexibility index (Phi) is 1.91. The molecule has 0 saturated carbocycles. The molecule has 82 valence electrons. The highest BCUT2D eigenvalue weighted by Crippen LogP contribution is 2.45. The molecule has 0 bridgehead atoms. The summed E-state index contributed by atoms with van der Waals surface area (Å²) in [5.74, 6) is 1.07. The highest BCUT2D eigenvalue weighted by atomic mass is 16.5. The van der Waals surface area contributed by atoms with Crippen LogP contribution in [0.2, 0.25) is 0 Å². The first-order valence-corrected chi connectivity index (χ1v) is 5.60. The predicted molar refractivity (Wildman–Crippen MR) is 56.6 cm³/mol. The summed E-state index contributed by atoms with van der Waals surface area (Å²) in [7, 11) is 2.16. The molecule has 0 aromatic carbocycles. The van der Waals surface area contributed by atoms with Crippen LogP contribution in [0.4, 0.5) is 0 Å². The topological polar surface area (TPSA) is 55.3 Å². The molecule has 1 aromatic heterocycles. The molecular weight excluding hydrogens is 190 g/mol. The second-order valence-corrected chi connectivity index (χ2v) is 4.95. The Hall–Kier alpha value is -0.870. The van der Waals surface area contributed by atoms with Gasteiger partial charge in [-0.1, -0.05) is 5.16 Å². The van der Waals surface area contributed by atoms with Crippen molar-refractivity contribution in [1.29, 1.82) is 0 Å². The molecule has 15 heavy (non-hydrogen) atoms. The molecule has 1 saturated heterocycles. The largest absolute Gasteiger partial charge is 0.360 e. The number of piperidine rings is 1. The van der Waals surface area contributed by atoms with E-state index in [1.165, 1.54) is 5.56 Å². The molecule has 1 spiro atoms. The summed E-state index contributed by atoms with van der Waals surface area (Å²) in [6.45, 7) is 2.21. The van der Waals surface area contributed by atoms with E-state index in [-0.39, 0.29) is 11.5 Å². The number of fused-ring (bicyclic) bond motifs is 2. The highest BCUT2D eigenvalue weighted by molar-refractivity contribution is 5.34. The molecule has 1 atom stereocenters. The Morgan fingerprint density at radius 2 is 2.27 bits per heavy atom. The summed E-state index contributed by atoms with van der Waals surface area (Å²) in [6.07, 6.45) is 4.98. The van der Waals surface area contributed by atoms with Crippen LogP contribution < -0.4 is 5.73 Å². The lowest BCUT2D eigenvalue weighted by molar-refractivity contribution is 0.144. The minimum absolute atomic E-state index is 0.0817. The molecular formula is C11H17N3O. The molecule has 0 radical (unpaired) electrons. The van der Waals surface area contributed by atoms with Crippen LogP contribution in [-0.2, 0) is 11.8 Å². The van der Waals surface area contributed by atoms with Crippen molar-refractivity contribution in [1.82, 2.24) is 10.1 Å². The van der Waals surface area contributed by atoms with Crippen LogP contribution in [0.25, 0.3) is 0 Å². The molecule has 1 aliphatic carbocycles. The van der Waals surface area contributed by atoms with E-state index >= 15 is 0 Å². The van der Waals surface area contributed by atoms with Crippen LogP contribution in [0.15, 0.2) is 10.7 Å². The third kappa shape index (κ3) is 1.18. The highest BCUT2D eigenvalue weighted by Gasteiger charge is 2.49. The van der Waals surface area contributed by atoms with E-state index in [2.05, 4.69) is 17.1 Å².